The van der Waals surface area contributed by atoms with Gasteiger partial charge in [-0.3, -0.25) is 0 Å². The number of hydrogen-bond acceptors (Lipinski definition) is 3. The number of carbonyl (C=O) groups excluding carboxylic acids is 1. The number of ether oxygens (including phenoxy) is 1. The molecule has 0 spiro atoms. The molecule has 1 aliphatic rings. The smallest absolute Gasteiger partial charge is 0.408 e. The van der Waals surface area contributed by atoms with Gasteiger partial charge in [0.1, 0.15) is 5.60 Å². The number of rotatable bonds is 1. The maximum atomic E-state index is 11.8. The minimum absolute atomic E-state index is 0.109. The molecule has 2 unspecified atom stereocenters. The highest BCUT2D eigenvalue weighted by molar-refractivity contribution is 7.10. The molecule has 2 atom stereocenters. The third-order valence-electron chi connectivity index (χ3n) is 3.13. The van der Waals surface area contributed by atoms with Gasteiger partial charge in [0.05, 0.1) is 6.04 Å². The first-order chi connectivity index (χ1) is 8.37. The molecule has 0 saturated carbocycles. The SMILES string of the molecule is CC1CCC(NC(=O)OC(C)(C)C)c2ccsc21. The van der Waals surface area contributed by atoms with E-state index in [-0.39, 0.29) is 12.1 Å². The lowest BCUT2D eigenvalue weighted by Gasteiger charge is -2.28. The maximum absolute atomic E-state index is 11.8. The molecule has 1 amide bonds. The summed E-state index contributed by atoms with van der Waals surface area (Å²) in [7, 11) is 0. The summed E-state index contributed by atoms with van der Waals surface area (Å²) < 4.78 is 5.31. The van der Waals surface area contributed by atoms with Gasteiger partial charge < -0.3 is 10.1 Å². The molecule has 0 fully saturated rings. The average Bonchev–Trinajstić information content (AvgIpc) is 2.69. The van der Waals surface area contributed by atoms with E-state index in [0.717, 1.165) is 12.8 Å². The fourth-order valence-corrected chi connectivity index (χ4v) is 3.38. The van der Waals surface area contributed by atoms with Gasteiger partial charge in [0, 0.05) is 4.88 Å². The fraction of sp³-hybridized carbons (Fsp3) is 0.643. The molecule has 0 radical (unpaired) electrons. The van der Waals surface area contributed by atoms with Crippen LogP contribution >= 0.6 is 11.3 Å². The number of amides is 1. The van der Waals surface area contributed by atoms with Crippen molar-refractivity contribution < 1.29 is 9.53 Å². The highest BCUT2D eigenvalue weighted by Crippen LogP contribution is 2.40. The third-order valence-corrected chi connectivity index (χ3v) is 4.29. The summed E-state index contributed by atoms with van der Waals surface area (Å²) in [6.45, 7) is 7.89. The minimum atomic E-state index is -0.441. The van der Waals surface area contributed by atoms with Gasteiger partial charge in [-0.25, -0.2) is 4.79 Å². The number of hydrogen-bond donors (Lipinski definition) is 1. The first-order valence-electron chi connectivity index (χ1n) is 6.43. The van der Waals surface area contributed by atoms with E-state index in [0.29, 0.717) is 5.92 Å². The van der Waals surface area contributed by atoms with Crippen LogP contribution in [0.3, 0.4) is 0 Å². The fourth-order valence-electron chi connectivity index (χ4n) is 2.32. The van der Waals surface area contributed by atoms with Crippen molar-refractivity contribution in [2.75, 3.05) is 0 Å². The Labute approximate surface area is 113 Å². The Morgan fingerprint density at radius 3 is 2.83 bits per heavy atom. The second-order valence-electron chi connectivity index (χ2n) is 5.92. The van der Waals surface area contributed by atoms with E-state index in [1.165, 1.54) is 10.4 Å². The molecule has 1 heterocycles. The zero-order valence-corrected chi connectivity index (χ0v) is 12.3. The summed E-state index contributed by atoms with van der Waals surface area (Å²) in [5.41, 5.74) is 0.827. The molecular formula is C14H21NO2S. The van der Waals surface area contributed by atoms with Gasteiger partial charge in [-0.1, -0.05) is 6.92 Å². The summed E-state index contributed by atoms with van der Waals surface area (Å²) in [6.07, 6.45) is 1.79. The van der Waals surface area contributed by atoms with Crippen molar-refractivity contribution in [3.63, 3.8) is 0 Å². The number of alkyl carbamates (subject to hydrolysis) is 1. The van der Waals surface area contributed by atoms with E-state index in [1.54, 1.807) is 11.3 Å². The van der Waals surface area contributed by atoms with E-state index in [2.05, 4.69) is 23.7 Å². The molecule has 0 aliphatic heterocycles. The van der Waals surface area contributed by atoms with Gasteiger partial charge in [-0.2, -0.15) is 0 Å². The van der Waals surface area contributed by atoms with Gasteiger partial charge in [-0.05, 0) is 56.5 Å². The lowest BCUT2D eigenvalue weighted by atomic mass is 9.87. The molecule has 0 aromatic carbocycles. The van der Waals surface area contributed by atoms with Gasteiger partial charge in [0.2, 0.25) is 0 Å². The van der Waals surface area contributed by atoms with E-state index in [4.69, 9.17) is 4.74 Å². The number of carbonyl (C=O) groups is 1. The van der Waals surface area contributed by atoms with Gasteiger partial charge in [-0.15, -0.1) is 11.3 Å². The summed E-state index contributed by atoms with van der Waals surface area (Å²) >= 11 is 1.79. The van der Waals surface area contributed by atoms with Crippen LogP contribution in [0.2, 0.25) is 0 Å². The predicted molar refractivity (Wildman–Crippen MR) is 74.1 cm³/mol. The molecular weight excluding hydrogens is 246 g/mol. The molecule has 1 aliphatic carbocycles. The second kappa shape index (κ2) is 4.92. The molecule has 3 nitrogen and oxygen atoms in total. The van der Waals surface area contributed by atoms with Gasteiger partial charge in [0.15, 0.2) is 0 Å². The summed E-state index contributed by atoms with van der Waals surface area (Å²) in [5.74, 6) is 0.608. The molecule has 4 heteroatoms. The quantitative estimate of drug-likeness (QED) is 0.827. The first kappa shape index (κ1) is 13.4. The average molecular weight is 267 g/mol. The summed E-state index contributed by atoms with van der Waals surface area (Å²) in [6, 6.07) is 2.23. The van der Waals surface area contributed by atoms with Crippen LogP contribution in [0.15, 0.2) is 11.4 Å². The van der Waals surface area contributed by atoms with Crippen LogP contribution < -0.4 is 5.32 Å². The van der Waals surface area contributed by atoms with Crippen LogP contribution in [0.25, 0.3) is 0 Å². The molecule has 100 valence electrons. The Balaban J connectivity index is 2.04. The molecule has 0 saturated heterocycles. The standard InChI is InChI=1S/C14H21NO2S/c1-9-5-6-11(10-7-8-18-12(9)10)15-13(16)17-14(2,3)4/h7-9,11H,5-6H2,1-4H3,(H,15,16). The summed E-state index contributed by atoms with van der Waals surface area (Å²) in [5, 5.41) is 5.09. The lowest BCUT2D eigenvalue weighted by molar-refractivity contribution is 0.0498. The van der Waals surface area contributed by atoms with Crippen molar-refractivity contribution in [2.24, 2.45) is 0 Å². The zero-order chi connectivity index (χ0) is 13.3. The topological polar surface area (TPSA) is 38.3 Å². The molecule has 1 N–H and O–H groups in total. The zero-order valence-electron chi connectivity index (χ0n) is 11.4. The first-order valence-corrected chi connectivity index (χ1v) is 7.31. The highest BCUT2D eigenvalue weighted by atomic mass is 32.1. The van der Waals surface area contributed by atoms with Gasteiger partial charge in [0.25, 0.3) is 0 Å². The van der Waals surface area contributed by atoms with Crippen molar-refractivity contribution in [2.45, 2.75) is 58.1 Å². The monoisotopic (exact) mass is 267 g/mol. The van der Waals surface area contributed by atoms with Crippen LogP contribution in [0.5, 0.6) is 0 Å². The van der Waals surface area contributed by atoms with Crippen molar-refractivity contribution >= 4 is 17.4 Å². The van der Waals surface area contributed by atoms with E-state index >= 15 is 0 Å². The molecule has 18 heavy (non-hydrogen) atoms. The van der Waals surface area contributed by atoms with E-state index < -0.39 is 5.60 Å². The van der Waals surface area contributed by atoms with Crippen molar-refractivity contribution in [1.29, 1.82) is 0 Å². The van der Waals surface area contributed by atoms with Crippen LogP contribution in [0.4, 0.5) is 4.79 Å². The Bertz CT molecular complexity index is 433. The number of nitrogens with one attached hydrogen (secondary N) is 1. The second-order valence-corrected chi connectivity index (χ2v) is 6.87. The molecule has 0 bridgehead atoms. The van der Waals surface area contributed by atoms with Crippen LogP contribution in [0, 0.1) is 0 Å². The van der Waals surface area contributed by atoms with Crippen LogP contribution in [-0.4, -0.2) is 11.7 Å². The molecule has 1 aromatic heterocycles. The van der Waals surface area contributed by atoms with Gasteiger partial charge >= 0.3 is 6.09 Å². The van der Waals surface area contributed by atoms with Crippen molar-refractivity contribution in [3.8, 4) is 0 Å². The largest absolute Gasteiger partial charge is 0.444 e. The van der Waals surface area contributed by atoms with Crippen molar-refractivity contribution in [3.05, 3.63) is 21.9 Å². The Kier molecular flexibility index (Phi) is 3.66. The highest BCUT2D eigenvalue weighted by Gasteiger charge is 2.28. The van der Waals surface area contributed by atoms with Crippen molar-refractivity contribution in [1.82, 2.24) is 5.32 Å². The Hall–Kier alpha value is -1.03. The lowest BCUT2D eigenvalue weighted by Crippen LogP contribution is -2.36. The number of thiophene rings is 1. The van der Waals surface area contributed by atoms with Crippen LogP contribution in [-0.2, 0) is 4.74 Å². The Morgan fingerprint density at radius 2 is 2.17 bits per heavy atom. The number of fused-ring (bicyclic) bond motifs is 1. The summed E-state index contributed by atoms with van der Waals surface area (Å²) in [4.78, 5) is 13.2. The molecule has 2 rings (SSSR count). The van der Waals surface area contributed by atoms with E-state index in [9.17, 15) is 4.79 Å². The minimum Gasteiger partial charge on any atom is -0.444 e. The van der Waals surface area contributed by atoms with Crippen LogP contribution in [0.1, 0.15) is 62.9 Å². The third kappa shape index (κ3) is 3.05. The Morgan fingerprint density at radius 1 is 1.44 bits per heavy atom. The predicted octanol–water partition coefficient (Wildman–Crippen LogP) is 4.21. The maximum Gasteiger partial charge on any atom is 0.408 e. The molecule has 1 aromatic rings. The van der Waals surface area contributed by atoms with E-state index in [1.807, 2.05) is 20.8 Å². The normalized spacial score (nSPS) is 23.3.